The Morgan fingerprint density at radius 2 is 2.14 bits per heavy atom. The van der Waals surface area contributed by atoms with E-state index in [4.69, 9.17) is 10.8 Å². The number of nitrogens with two attached hydrogens (primary N) is 1. The van der Waals surface area contributed by atoms with Gasteiger partial charge in [-0.15, -0.1) is 0 Å². The Morgan fingerprint density at radius 3 is 2.81 bits per heavy atom. The topological polar surface area (TPSA) is 85.3 Å². The summed E-state index contributed by atoms with van der Waals surface area (Å²) in [4.78, 5) is 20.6. The molecule has 3 aromatic rings. The van der Waals surface area contributed by atoms with Crippen molar-refractivity contribution in [2.24, 2.45) is 5.84 Å². The zero-order valence-electron chi connectivity index (χ0n) is 11.6. The van der Waals surface area contributed by atoms with E-state index in [9.17, 15) is 4.79 Å². The van der Waals surface area contributed by atoms with Gasteiger partial charge in [-0.25, -0.2) is 15.8 Å². The Hall–Kier alpha value is -1.99. The molecule has 0 aliphatic carbocycles. The first-order valence-corrected chi connectivity index (χ1v) is 7.29. The summed E-state index contributed by atoms with van der Waals surface area (Å²) in [5.41, 5.74) is 4.73. The van der Waals surface area contributed by atoms with Crippen LogP contribution in [0.3, 0.4) is 0 Å². The number of hydrazine groups is 1. The number of nitrogen functional groups attached to an aromatic ring is 1. The fourth-order valence-corrected chi connectivity index (χ4v) is 2.73. The van der Waals surface area contributed by atoms with Crippen LogP contribution < -0.4 is 11.3 Å². The highest BCUT2D eigenvalue weighted by molar-refractivity contribution is 9.10. The number of pyridine rings is 2. The number of hydrogen-bond acceptors (Lipinski definition) is 4. The van der Waals surface area contributed by atoms with Crippen molar-refractivity contribution in [2.45, 2.75) is 19.8 Å². The summed E-state index contributed by atoms with van der Waals surface area (Å²) >= 11 is 3.58. The molecule has 0 aliphatic heterocycles. The number of hydrogen-bond donors (Lipinski definition) is 2. The van der Waals surface area contributed by atoms with Gasteiger partial charge in [0.15, 0.2) is 0 Å². The van der Waals surface area contributed by atoms with E-state index < -0.39 is 5.91 Å². The predicted molar refractivity (Wildman–Crippen MR) is 83.9 cm³/mol. The van der Waals surface area contributed by atoms with Crippen molar-refractivity contribution in [2.75, 3.05) is 0 Å². The van der Waals surface area contributed by atoms with Crippen molar-refractivity contribution in [3.63, 3.8) is 0 Å². The molecule has 3 rings (SSSR count). The van der Waals surface area contributed by atoms with E-state index in [1.165, 1.54) is 0 Å². The van der Waals surface area contributed by atoms with Crippen LogP contribution in [-0.2, 0) is 0 Å². The highest BCUT2D eigenvalue weighted by atomic mass is 79.9. The minimum absolute atomic E-state index is 0.262. The Kier molecular flexibility index (Phi) is 3.38. The molecule has 0 fully saturated rings. The zero-order chi connectivity index (χ0) is 15.1. The maximum atomic E-state index is 11.6. The van der Waals surface area contributed by atoms with Gasteiger partial charge >= 0.3 is 0 Å². The molecule has 0 saturated carbocycles. The summed E-state index contributed by atoms with van der Waals surface area (Å²) in [6.07, 6.45) is 1.64. The van der Waals surface area contributed by atoms with Crippen LogP contribution in [-0.4, -0.2) is 20.3 Å². The molecule has 3 N–H and O–H groups in total. The average Bonchev–Trinajstić information content (AvgIpc) is 2.90. The van der Waals surface area contributed by atoms with E-state index in [0.717, 1.165) is 21.2 Å². The fraction of sp³-hybridized carbons (Fsp3) is 0.214. The molecule has 0 radical (unpaired) electrons. The second kappa shape index (κ2) is 5.09. The van der Waals surface area contributed by atoms with Crippen molar-refractivity contribution < 1.29 is 4.79 Å². The second-order valence-corrected chi connectivity index (χ2v) is 5.94. The van der Waals surface area contributed by atoms with Gasteiger partial charge in [0.1, 0.15) is 17.0 Å². The number of aromatic nitrogens is 3. The lowest BCUT2D eigenvalue weighted by Gasteiger charge is -2.09. The number of carbonyl (C=O) groups excluding carboxylic acids is 1. The minimum atomic E-state index is -0.425. The molecule has 0 unspecified atom stereocenters. The molecule has 0 aromatic carbocycles. The quantitative estimate of drug-likeness (QED) is 0.423. The maximum Gasteiger partial charge on any atom is 0.285 e. The van der Waals surface area contributed by atoms with Gasteiger partial charge in [0.2, 0.25) is 0 Å². The van der Waals surface area contributed by atoms with Crippen LogP contribution in [0.4, 0.5) is 0 Å². The monoisotopic (exact) mass is 347 g/mol. The summed E-state index contributed by atoms with van der Waals surface area (Å²) in [6.45, 7) is 4.17. The first-order chi connectivity index (χ1) is 10.0. The fourth-order valence-electron chi connectivity index (χ4n) is 2.19. The largest absolute Gasteiger partial charge is 0.289 e. The number of imidazole rings is 1. The molecule has 0 spiro atoms. The number of nitrogens with one attached hydrogen (secondary N) is 1. The van der Waals surface area contributed by atoms with Gasteiger partial charge in [0, 0.05) is 21.7 Å². The van der Waals surface area contributed by atoms with E-state index in [-0.39, 0.29) is 5.69 Å². The Labute approximate surface area is 129 Å². The summed E-state index contributed by atoms with van der Waals surface area (Å²) in [5, 5.41) is 0.962. The van der Waals surface area contributed by atoms with Crippen molar-refractivity contribution in [3.8, 4) is 0 Å². The van der Waals surface area contributed by atoms with Crippen LogP contribution in [0, 0.1) is 0 Å². The highest BCUT2D eigenvalue weighted by Gasteiger charge is 2.14. The van der Waals surface area contributed by atoms with E-state index in [1.54, 1.807) is 10.6 Å². The number of rotatable bonds is 2. The zero-order valence-corrected chi connectivity index (χ0v) is 13.2. The summed E-state index contributed by atoms with van der Waals surface area (Å²) in [6, 6.07) is 5.80. The lowest BCUT2D eigenvalue weighted by molar-refractivity contribution is 0.0949. The third-order valence-corrected chi connectivity index (χ3v) is 3.98. The lowest BCUT2D eigenvalue weighted by Crippen LogP contribution is -2.30. The Bertz CT molecular complexity index is 855. The normalized spacial score (nSPS) is 11.5. The molecule has 7 heteroatoms. The van der Waals surface area contributed by atoms with Gasteiger partial charge in [-0.3, -0.25) is 14.6 Å². The highest BCUT2D eigenvalue weighted by Crippen LogP contribution is 2.27. The van der Waals surface area contributed by atoms with E-state index in [0.29, 0.717) is 11.6 Å². The predicted octanol–water partition coefficient (Wildman–Crippen LogP) is 2.37. The molecule has 108 valence electrons. The molecule has 0 saturated heterocycles. The molecule has 3 heterocycles. The second-order valence-electron chi connectivity index (χ2n) is 5.08. The molecule has 3 aromatic heterocycles. The molecular weight excluding hydrogens is 334 g/mol. The van der Waals surface area contributed by atoms with Crippen LogP contribution in [0.25, 0.3) is 16.7 Å². The standard InChI is InChI=1S/C14H14BrN5O/c1-7(2)10-5-9(15)8-3-4-12-17-11(14(21)19-16)6-20(12)13(8)18-10/h3-7H,16H2,1-2H3,(H,19,21). The molecule has 0 aliphatic rings. The Balaban J connectivity index is 2.35. The number of carbonyl (C=O) groups is 1. The van der Waals surface area contributed by atoms with Crippen LogP contribution in [0.1, 0.15) is 35.9 Å². The van der Waals surface area contributed by atoms with Crippen molar-refractivity contribution in [1.82, 2.24) is 19.8 Å². The summed E-state index contributed by atoms with van der Waals surface area (Å²) in [7, 11) is 0. The van der Waals surface area contributed by atoms with Crippen LogP contribution in [0.5, 0.6) is 0 Å². The molecule has 1 amide bonds. The molecule has 0 atom stereocenters. The van der Waals surface area contributed by atoms with Crippen LogP contribution in [0.15, 0.2) is 28.9 Å². The smallest absolute Gasteiger partial charge is 0.285 e. The van der Waals surface area contributed by atoms with Crippen LogP contribution >= 0.6 is 15.9 Å². The first kappa shape index (κ1) is 14.0. The van der Waals surface area contributed by atoms with E-state index >= 15 is 0 Å². The Morgan fingerprint density at radius 1 is 1.38 bits per heavy atom. The molecule has 0 bridgehead atoms. The van der Waals surface area contributed by atoms with E-state index in [2.05, 4.69) is 40.2 Å². The van der Waals surface area contributed by atoms with E-state index in [1.807, 2.05) is 18.2 Å². The summed E-state index contributed by atoms with van der Waals surface area (Å²) < 4.78 is 2.77. The molecule has 21 heavy (non-hydrogen) atoms. The van der Waals surface area contributed by atoms with Crippen molar-refractivity contribution >= 4 is 38.5 Å². The van der Waals surface area contributed by atoms with Gasteiger partial charge in [0.05, 0.1) is 0 Å². The van der Waals surface area contributed by atoms with Gasteiger partial charge < -0.3 is 0 Å². The third kappa shape index (κ3) is 2.28. The SMILES string of the molecule is CC(C)c1cc(Br)c2ccc3nc(C(=O)NN)cn3c2n1. The first-order valence-electron chi connectivity index (χ1n) is 6.50. The van der Waals surface area contributed by atoms with Crippen LogP contribution in [0.2, 0.25) is 0 Å². The average molecular weight is 348 g/mol. The number of halogens is 1. The number of fused-ring (bicyclic) bond motifs is 3. The molecular formula is C14H14BrN5O. The minimum Gasteiger partial charge on any atom is -0.289 e. The lowest BCUT2D eigenvalue weighted by atomic mass is 10.1. The van der Waals surface area contributed by atoms with Crippen molar-refractivity contribution in [3.05, 3.63) is 40.3 Å². The van der Waals surface area contributed by atoms with Crippen molar-refractivity contribution in [1.29, 1.82) is 0 Å². The van der Waals surface area contributed by atoms with Gasteiger partial charge in [-0.2, -0.15) is 0 Å². The van der Waals surface area contributed by atoms with Gasteiger partial charge in [-0.1, -0.05) is 13.8 Å². The maximum absolute atomic E-state index is 11.6. The number of nitrogens with zero attached hydrogens (tertiary/aromatic N) is 3. The van der Waals surface area contributed by atoms with Gasteiger partial charge in [0.25, 0.3) is 5.91 Å². The van der Waals surface area contributed by atoms with Gasteiger partial charge in [-0.05, 0) is 40.0 Å². The number of amides is 1. The molecule has 6 nitrogen and oxygen atoms in total. The third-order valence-electron chi connectivity index (χ3n) is 3.32. The summed E-state index contributed by atoms with van der Waals surface area (Å²) in [5.74, 6) is 5.03.